The summed E-state index contributed by atoms with van der Waals surface area (Å²) in [5.74, 6) is 0.692. The van der Waals surface area contributed by atoms with Crippen molar-refractivity contribution in [3.8, 4) is 34.4 Å². The summed E-state index contributed by atoms with van der Waals surface area (Å²) in [5.41, 5.74) is 1.96. The second-order valence-corrected chi connectivity index (χ2v) is 10.1. The van der Waals surface area contributed by atoms with Gasteiger partial charge in [-0.15, -0.1) is 10.2 Å². The number of methoxy groups -OCH3 is 2. The van der Waals surface area contributed by atoms with Gasteiger partial charge < -0.3 is 34.5 Å². The van der Waals surface area contributed by atoms with Crippen LogP contribution in [-0.2, 0) is 11.3 Å². The van der Waals surface area contributed by atoms with Crippen molar-refractivity contribution in [3.63, 3.8) is 0 Å². The third-order valence-electron chi connectivity index (χ3n) is 7.39. The third-order valence-corrected chi connectivity index (χ3v) is 7.39. The first-order valence-corrected chi connectivity index (χ1v) is 13.8. The molecule has 14 heteroatoms. The molecular weight excluding hydrogens is 570 g/mol. The topological polar surface area (TPSA) is 170 Å². The molecule has 3 amide bonds. The Morgan fingerprint density at radius 1 is 0.977 bits per heavy atom. The molecule has 1 saturated heterocycles. The highest BCUT2D eigenvalue weighted by Gasteiger charge is 2.39. The smallest absolute Gasteiger partial charge is 0.258 e. The number of aromatic nitrogens is 4. The van der Waals surface area contributed by atoms with Gasteiger partial charge in [0.1, 0.15) is 6.10 Å². The molecule has 0 radical (unpaired) electrons. The van der Waals surface area contributed by atoms with Gasteiger partial charge in [-0.3, -0.25) is 14.4 Å². The van der Waals surface area contributed by atoms with Gasteiger partial charge in [0.15, 0.2) is 29.6 Å². The van der Waals surface area contributed by atoms with Crippen LogP contribution in [0.4, 0.5) is 0 Å². The zero-order chi connectivity index (χ0) is 30.6. The van der Waals surface area contributed by atoms with Gasteiger partial charge >= 0.3 is 0 Å². The largest absolute Gasteiger partial charge is 0.493 e. The van der Waals surface area contributed by atoms with Crippen LogP contribution in [0.15, 0.2) is 60.7 Å². The van der Waals surface area contributed by atoms with E-state index in [0.29, 0.717) is 28.4 Å². The molecule has 0 saturated carbocycles. The zero-order valence-electron chi connectivity index (χ0n) is 23.9. The number of aromatic amines is 1. The Morgan fingerprint density at radius 3 is 2.61 bits per heavy atom. The molecule has 226 valence electrons. The number of carbonyl (C=O) groups excluding carboxylic acids is 3. The molecule has 4 aromatic rings. The summed E-state index contributed by atoms with van der Waals surface area (Å²) in [6, 6.07) is 16.4. The van der Waals surface area contributed by atoms with Gasteiger partial charge in [0, 0.05) is 24.2 Å². The minimum atomic E-state index is -0.635. The molecule has 4 heterocycles. The number of ether oxygens (including phenoxy) is 4. The summed E-state index contributed by atoms with van der Waals surface area (Å²) in [5, 5.41) is 19.9. The summed E-state index contributed by atoms with van der Waals surface area (Å²) < 4.78 is 23.1. The quantitative estimate of drug-likeness (QED) is 0.313. The molecule has 3 aromatic carbocycles. The van der Waals surface area contributed by atoms with Crippen LogP contribution >= 0.6 is 0 Å². The van der Waals surface area contributed by atoms with E-state index in [-0.39, 0.29) is 55.2 Å². The van der Waals surface area contributed by atoms with E-state index in [2.05, 4.69) is 31.3 Å². The minimum Gasteiger partial charge on any atom is -0.493 e. The molecule has 7 rings (SSSR count). The van der Waals surface area contributed by atoms with E-state index >= 15 is 0 Å². The molecular formula is C30H29N7O7. The number of nitrogens with zero attached hydrogens (tertiary/aromatic N) is 4. The van der Waals surface area contributed by atoms with Crippen molar-refractivity contribution in [3.05, 3.63) is 77.4 Å². The van der Waals surface area contributed by atoms with E-state index in [9.17, 15) is 14.4 Å². The average molecular weight is 600 g/mol. The molecule has 3 aliphatic heterocycles. The van der Waals surface area contributed by atoms with Crippen LogP contribution in [0.25, 0.3) is 11.4 Å². The number of hydrogen-bond acceptors (Lipinski definition) is 10. The number of H-pyrrole nitrogens is 1. The van der Waals surface area contributed by atoms with E-state index < -0.39 is 18.1 Å². The monoisotopic (exact) mass is 599 g/mol. The van der Waals surface area contributed by atoms with Crippen molar-refractivity contribution in [2.45, 2.75) is 18.7 Å². The van der Waals surface area contributed by atoms with Crippen molar-refractivity contribution in [1.82, 2.24) is 36.2 Å². The van der Waals surface area contributed by atoms with Gasteiger partial charge in [-0.05, 0) is 47.2 Å². The Bertz CT molecular complexity index is 1700. The number of benzene rings is 3. The lowest BCUT2D eigenvalue weighted by Gasteiger charge is -2.22. The third kappa shape index (κ3) is 5.82. The Balaban J connectivity index is 1.34. The molecule has 3 N–H and O–H groups in total. The van der Waals surface area contributed by atoms with Crippen molar-refractivity contribution >= 4 is 17.7 Å². The van der Waals surface area contributed by atoms with Gasteiger partial charge in [-0.25, -0.2) is 0 Å². The highest BCUT2D eigenvalue weighted by molar-refractivity contribution is 6.00. The summed E-state index contributed by atoms with van der Waals surface area (Å²) in [6.45, 7) is 0.271. The molecule has 0 spiro atoms. The molecule has 4 bridgehead atoms. The zero-order valence-corrected chi connectivity index (χ0v) is 23.9. The minimum absolute atomic E-state index is 0.161. The summed E-state index contributed by atoms with van der Waals surface area (Å²) in [6.07, 6.45) is -0.635. The molecule has 1 aromatic heterocycles. The Hall–Kier alpha value is -5.66. The van der Waals surface area contributed by atoms with Crippen molar-refractivity contribution in [2.24, 2.45) is 0 Å². The maximum atomic E-state index is 13.9. The maximum Gasteiger partial charge on any atom is 0.258 e. The van der Waals surface area contributed by atoms with Gasteiger partial charge in [0.2, 0.25) is 5.82 Å². The number of hydrogen-bond donors (Lipinski definition) is 3. The molecule has 2 atom stereocenters. The van der Waals surface area contributed by atoms with Crippen LogP contribution in [0.5, 0.6) is 23.0 Å². The van der Waals surface area contributed by atoms with Crippen molar-refractivity contribution in [2.75, 3.05) is 33.9 Å². The van der Waals surface area contributed by atoms with Gasteiger partial charge in [-0.1, -0.05) is 24.3 Å². The summed E-state index contributed by atoms with van der Waals surface area (Å²) >= 11 is 0. The predicted octanol–water partition coefficient (Wildman–Crippen LogP) is 1.59. The second kappa shape index (κ2) is 12.3. The molecule has 3 aliphatic rings. The van der Waals surface area contributed by atoms with Crippen LogP contribution in [0.2, 0.25) is 0 Å². The second-order valence-electron chi connectivity index (χ2n) is 10.1. The SMILES string of the molecule is COc1ccc2cc1OCC(=O)NCc1ccc(c(OC)c1)O[C@H]1CN(C(=O)c3ccccc3-c3nn[nH]n3)C[C@@H]1NC2=O. The van der Waals surface area contributed by atoms with Crippen LogP contribution in [0, 0.1) is 0 Å². The normalized spacial score (nSPS) is 18.3. The number of tetrazole rings is 1. The highest BCUT2D eigenvalue weighted by Crippen LogP contribution is 2.32. The fourth-order valence-corrected chi connectivity index (χ4v) is 5.17. The number of likely N-dealkylation sites (tertiary alicyclic amines) is 1. The van der Waals surface area contributed by atoms with Gasteiger partial charge in [0.05, 0.1) is 32.4 Å². The van der Waals surface area contributed by atoms with Gasteiger partial charge in [-0.2, -0.15) is 5.21 Å². The lowest BCUT2D eigenvalue weighted by molar-refractivity contribution is -0.123. The van der Waals surface area contributed by atoms with Gasteiger partial charge in [0.25, 0.3) is 17.7 Å². The molecule has 14 nitrogen and oxygen atoms in total. The van der Waals surface area contributed by atoms with E-state index in [1.807, 2.05) is 0 Å². The number of rotatable bonds is 4. The first-order chi connectivity index (χ1) is 21.4. The van der Waals surface area contributed by atoms with Crippen LogP contribution < -0.4 is 29.6 Å². The highest BCUT2D eigenvalue weighted by atomic mass is 16.5. The number of fused-ring (bicyclic) bond motifs is 7. The fraction of sp³-hybridized carbons (Fsp3) is 0.267. The Morgan fingerprint density at radius 2 is 1.82 bits per heavy atom. The lowest BCUT2D eigenvalue weighted by atomic mass is 10.1. The number of carbonyl (C=O) groups is 3. The molecule has 1 fully saturated rings. The van der Waals surface area contributed by atoms with E-state index in [0.717, 1.165) is 5.56 Å². The van der Waals surface area contributed by atoms with Crippen LogP contribution in [0.3, 0.4) is 0 Å². The summed E-state index contributed by atoms with van der Waals surface area (Å²) in [7, 11) is 2.98. The Kier molecular flexibility index (Phi) is 7.95. The van der Waals surface area contributed by atoms with E-state index in [1.54, 1.807) is 59.5 Å². The number of nitrogens with one attached hydrogen (secondary N) is 3. The van der Waals surface area contributed by atoms with Crippen LogP contribution in [0.1, 0.15) is 26.3 Å². The van der Waals surface area contributed by atoms with Crippen molar-refractivity contribution < 1.29 is 33.3 Å². The predicted molar refractivity (Wildman–Crippen MR) is 155 cm³/mol. The maximum absolute atomic E-state index is 13.9. The summed E-state index contributed by atoms with van der Waals surface area (Å²) in [4.78, 5) is 41.5. The molecule has 0 aliphatic carbocycles. The lowest BCUT2D eigenvalue weighted by Crippen LogP contribution is -2.45. The van der Waals surface area contributed by atoms with E-state index in [4.69, 9.17) is 18.9 Å². The van der Waals surface area contributed by atoms with Crippen LogP contribution in [-0.4, -0.2) is 89.3 Å². The standard InChI is InChI=1S/C30H29N7O7/c1-41-22-10-8-18-12-25(22)43-16-27(38)31-13-17-7-9-23(24(11-17)42-2)44-26-15-37(14-21(26)32-29(18)39)30(40)20-6-4-3-5-19(20)28-33-35-36-34-28/h3-12,21,26H,13-16H2,1-2H3,(H,31,38)(H,32,39)(H,33,34,35,36)/t21-,26-/m0/s1. The fourth-order valence-electron chi connectivity index (χ4n) is 5.17. The Labute approximate surface area is 251 Å². The molecule has 0 unspecified atom stereocenters. The van der Waals surface area contributed by atoms with Crippen molar-refractivity contribution in [1.29, 1.82) is 0 Å². The number of amides is 3. The molecule has 44 heavy (non-hydrogen) atoms. The van der Waals surface area contributed by atoms with E-state index in [1.165, 1.54) is 20.3 Å². The first-order valence-electron chi connectivity index (χ1n) is 13.8. The first kappa shape index (κ1) is 28.5. The average Bonchev–Trinajstić information content (AvgIpc) is 3.73.